The molecule has 1 aliphatic rings. The summed E-state index contributed by atoms with van der Waals surface area (Å²) < 4.78 is 4.83. The number of benzene rings is 1. The Hall–Kier alpha value is -1.31. The van der Waals surface area contributed by atoms with Gasteiger partial charge in [-0.15, -0.1) is 0 Å². The van der Waals surface area contributed by atoms with Crippen LogP contribution in [0, 0.1) is 7.11 Å². The summed E-state index contributed by atoms with van der Waals surface area (Å²) in [6.07, 6.45) is 2.07. The first-order valence-corrected chi connectivity index (χ1v) is 3.47. The Morgan fingerprint density at radius 1 is 1.45 bits per heavy atom. The quantitative estimate of drug-likeness (QED) is 0.557. The summed E-state index contributed by atoms with van der Waals surface area (Å²) in [5, 5.41) is 2.19. The summed E-state index contributed by atoms with van der Waals surface area (Å²) in [5.74, 6) is 0.789. The standard InChI is InChI=1S/C9H8NO/c1-11-8-2-3-9-7(6-8)4-5-10-9/h2-4,6H,1,5H2. The Balaban J connectivity index is 2.69. The van der Waals surface area contributed by atoms with Crippen LogP contribution in [0.4, 0.5) is 0 Å². The first-order valence-electron chi connectivity index (χ1n) is 3.47. The molecule has 1 radical (unpaired) electrons. The van der Waals surface area contributed by atoms with Gasteiger partial charge in [0.15, 0.2) is 0 Å². The van der Waals surface area contributed by atoms with Gasteiger partial charge in [-0.25, -0.2) is 0 Å². The number of ether oxygens (including phenoxy) is 1. The average molecular weight is 146 g/mol. The van der Waals surface area contributed by atoms with Gasteiger partial charge >= 0.3 is 0 Å². The van der Waals surface area contributed by atoms with Gasteiger partial charge in [-0.3, -0.25) is 4.99 Å². The molecule has 2 heteroatoms. The van der Waals surface area contributed by atoms with Crippen LogP contribution in [0.25, 0.3) is 6.08 Å². The minimum Gasteiger partial charge on any atom is -0.490 e. The van der Waals surface area contributed by atoms with Crippen LogP contribution in [-0.4, -0.2) is 6.54 Å². The van der Waals surface area contributed by atoms with Gasteiger partial charge in [0, 0.05) is 5.22 Å². The molecule has 11 heavy (non-hydrogen) atoms. The highest BCUT2D eigenvalue weighted by atomic mass is 16.5. The molecule has 0 spiro atoms. The van der Waals surface area contributed by atoms with Crippen molar-refractivity contribution < 1.29 is 4.74 Å². The highest BCUT2D eigenvalue weighted by Gasteiger charge is 1.95. The van der Waals surface area contributed by atoms with Gasteiger partial charge in [-0.2, -0.15) is 0 Å². The molecule has 0 bridgehead atoms. The Morgan fingerprint density at radius 2 is 2.36 bits per heavy atom. The molecule has 1 aliphatic heterocycles. The van der Waals surface area contributed by atoms with E-state index in [2.05, 4.69) is 18.2 Å². The predicted molar refractivity (Wildman–Crippen MR) is 42.5 cm³/mol. The van der Waals surface area contributed by atoms with E-state index >= 15 is 0 Å². The zero-order valence-corrected chi connectivity index (χ0v) is 6.08. The highest BCUT2D eigenvalue weighted by Crippen LogP contribution is 2.02. The van der Waals surface area contributed by atoms with Crippen molar-refractivity contribution in [1.29, 1.82) is 0 Å². The second-order valence-electron chi connectivity index (χ2n) is 2.41. The van der Waals surface area contributed by atoms with Crippen molar-refractivity contribution in [2.75, 3.05) is 6.54 Å². The van der Waals surface area contributed by atoms with Crippen molar-refractivity contribution in [3.05, 3.63) is 35.9 Å². The smallest absolute Gasteiger partial charge is 0.122 e. The molecule has 0 saturated carbocycles. The van der Waals surface area contributed by atoms with Crippen LogP contribution in [-0.2, 0) is 0 Å². The Morgan fingerprint density at radius 3 is 3.18 bits per heavy atom. The summed E-state index contributed by atoms with van der Waals surface area (Å²) in [6, 6.07) is 5.76. The topological polar surface area (TPSA) is 21.6 Å². The maximum atomic E-state index is 4.83. The lowest BCUT2D eigenvalue weighted by molar-refractivity contribution is 0.472. The molecule has 0 aliphatic carbocycles. The molecule has 0 N–H and O–H groups in total. The minimum absolute atomic E-state index is 0.788. The first-order chi connectivity index (χ1) is 5.40. The molecular weight excluding hydrogens is 138 g/mol. The van der Waals surface area contributed by atoms with Gasteiger partial charge in [0.05, 0.1) is 11.9 Å². The largest absolute Gasteiger partial charge is 0.490 e. The normalized spacial score (nSPS) is 13.2. The molecule has 0 amide bonds. The molecule has 0 aromatic heterocycles. The fourth-order valence-electron chi connectivity index (χ4n) is 1.17. The summed E-state index contributed by atoms with van der Waals surface area (Å²) in [4.78, 5) is 4.24. The molecule has 1 aromatic rings. The van der Waals surface area contributed by atoms with Crippen LogP contribution in [0.1, 0.15) is 0 Å². The average Bonchev–Trinajstić information content (AvgIpc) is 2.50. The number of hydrogen-bond acceptors (Lipinski definition) is 2. The van der Waals surface area contributed by atoms with E-state index in [0.717, 1.165) is 22.9 Å². The number of nitrogens with zero attached hydrogens (tertiary/aromatic N) is 1. The van der Waals surface area contributed by atoms with Crippen molar-refractivity contribution >= 4 is 6.08 Å². The van der Waals surface area contributed by atoms with Crippen LogP contribution in [0.2, 0.25) is 0 Å². The first kappa shape index (κ1) is 6.40. The van der Waals surface area contributed by atoms with E-state index in [1.165, 1.54) is 0 Å². The summed E-state index contributed by atoms with van der Waals surface area (Å²) in [7, 11) is 3.34. The summed E-state index contributed by atoms with van der Waals surface area (Å²) in [6.45, 7) is 0.788. The van der Waals surface area contributed by atoms with Crippen molar-refractivity contribution in [2.24, 2.45) is 4.99 Å². The molecule has 1 heterocycles. The third kappa shape index (κ3) is 1.00. The molecular formula is C9H8NO. The van der Waals surface area contributed by atoms with Crippen molar-refractivity contribution in [1.82, 2.24) is 0 Å². The highest BCUT2D eigenvalue weighted by molar-refractivity contribution is 5.34. The molecule has 2 rings (SSSR count). The molecule has 0 unspecified atom stereocenters. The molecule has 0 saturated heterocycles. The lowest BCUT2D eigenvalue weighted by Gasteiger charge is -1.95. The third-order valence-electron chi connectivity index (χ3n) is 1.74. The molecule has 1 aromatic carbocycles. The molecule has 2 nitrogen and oxygen atoms in total. The van der Waals surface area contributed by atoms with E-state index in [4.69, 9.17) is 4.74 Å². The Bertz CT molecular complexity index is 381. The van der Waals surface area contributed by atoms with E-state index < -0.39 is 0 Å². The van der Waals surface area contributed by atoms with Gasteiger partial charge in [0.1, 0.15) is 12.9 Å². The van der Waals surface area contributed by atoms with Gasteiger partial charge in [0.25, 0.3) is 0 Å². The minimum atomic E-state index is 0.788. The predicted octanol–water partition coefficient (Wildman–Crippen LogP) is 0.271. The van der Waals surface area contributed by atoms with Crippen LogP contribution in [0.3, 0.4) is 0 Å². The second kappa shape index (κ2) is 2.38. The van der Waals surface area contributed by atoms with Crippen LogP contribution in [0.5, 0.6) is 5.75 Å². The van der Waals surface area contributed by atoms with E-state index in [1.54, 1.807) is 0 Å². The van der Waals surface area contributed by atoms with Crippen molar-refractivity contribution in [3.8, 4) is 5.75 Å². The van der Waals surface area contributed by atoms with Crippen molar-refractivity contribution in [2.45, 2.75) is 0 Å². The lowest BCUT2D eigenvalue weighted by Crippen LogP contribution is -2.20. The van der Waals surface area contributed by atoms with Gasteiger partial charge in [0.2, 0.25) is 0 Å². The zero-order chi connectivity index (χ0) is 7.68. The molecule has 0 atom stereocenters. The van der Waals surface area contributed by atoms with E-state index in [-0.39, 0.29) is 0 Å². The molecule has 0 fully saturated rings. The van der Waals surface area contributed by atoms with Crippen LogP contribution in [0.15, 0.2) is 23.2 Å². The SMILES string of the molecule is [CH2]Oc1ccc2c(c1)=CCN=2. The lowest BCUT2D eigenvalue weighted by atomic mass is 10.3. The van der Waals surface area contributed by atoms with Gasteiger partial charge in [-0.05, 0) is 18.2 Å². The van der Waals surface area contributed by atoms with Crippen LogP contribution >= 0.6 is 0 Å². The maximum absolute atomic E-state index is 4.83. The van der Waals surface area contributed by atoms with E-state index in [9.17, 15) is 0 Å². The fraction of sp³-hybridized carbons (Fsp3) is 0.111. The summed E-state index contributed by atoms with van der Waals surface area (Å²) in [5.41, 5.74) is 0. The number of hydrogen-bond donors (Lipinski definition) is 0. The second-order valence-corrected chi connectivity index (χ2v) is 2.41. The van der Waals surface area contributed by atoms with Gasteiger partial charge < -0.3 is 4.74 Å². The number of rotatable bonds is 1. The zero-order valence-electron chi connectivity index (χ0n) is 6.08. The van der Waals surface area contributed by atoms with Gasteiger partial charge in [-0.1, -0.05) is 6.08 Å². The Labute approximate surface area is 64.8 Å². The van der Waals surface area contributed by atoms with Crippen molar-refractivity contribution in [3.63, 3.8) is 0 Å². The molecule has 55 valence electrons. The number of fused-ring (bicyclic) bond motifs is 1. The fourth-order valence-corrected chi connectivity index (χ4v) is 1.17. The summed E-state index contributed by atoms with van der Waals surface area (Å²) >= 11 is 0. The van der Waals surface area contributed by atoms with Crippen LogP contribution < -0.4 is 15.3 Å². The monoisotopic (exact) mass is 146 g/mol. The van der Waals surface area contributed by atoms with E-state index in [1.807, 2.05) is 18.2 Å². The Kier molecular flexibility index (Phi) is 1.39. The van der Waals surface area contributed by atoms with E-state index in [0.29, 0.717) is 0 Å². The maximum Gasteiger partial charge on any atom is 0.122 e. The third-order valence-corrected chi connectivity index (χ3v) is 1.74.